The lowest BCUT2D eigenvalue weighted by molar-refractivity contribution is 0.449. The van der Waals surface area contributed by atoms with Gasteiger partial charge in [-0.25, -0.2) is 0 Å². The van der Waals surface area contributed by atoms with E-state index in [1.54, 1.807) is 11.8 Å². The monoisotopic (exact) mass is 190 g/mol. The van der Waals surface area contributed by atoms with Crippen LogP contribution in [0.3, 0.4) is 0 Å². The van der Waals surface area contributed by atoms with Gasteiger partial charge in [0.1, 0.15) is 5.76 Å². The van der Waals surface area contributed by atoms with Crippen molar-refractivity contribution in [2.45, 2.75) is 16.9 Å². The summed E-state index contributed by atoms with van der Waals surface area (Å²) in [6.07, 6.45) is 0. The van der Waals surface area contributed by atoms with Crippen molar-refractivity contribution in [3.05, 3.63) is 48.2 Å². The molecule has 0 atom stereocenters. The molecule has 0 bridgehead atoms. The minimum Gasteiger partial charge on any atom is -0.455 e. The Kier molecular flexibility index (Phi) is 2.41. The third-order valence-electron chi connectivity index (χ3n) is 1.68. The summed E-state index contributed by atoms with van der Waals surface area (Å²) in [4.78, 5) is 1.21. The summed E-state index contributed by atoms with van der Waals surface area (Å²) in [7, 11) is 0. The molecule has 0 aliphatic rings. The normalized spacial score (nSPS) is 10.2. The van der Waals surface area contributed by atoms with E-state index in [1.807, 2.05) is 37.3 Å². The zero-order valence-electron chi connectivity index (χ0n) is 7.36. The van der Waals surface area contributed by atoms with Crippen LogP contribution in [0.15, 0.2) is 56.9 Å². The first-order chi connectivity index (χ1) is 6.34. The summed E-state index contributed by atoms with van der Waals surface area (Å²) in [5.74, 6) is 0.957. The van der Waals surface area contributed by atoms with Crippen LogP contribution in [0.5, 0.6) is 0 Å². The van der Waals surface area contributed by atoms with E-state index in [4.69, 9.17) is 4.42 Å². The third kappa shape index (κ3) is 2.16. The molecule has 0 aliphatic heterocycles. The molecule has 0 saturated carbocycles. The Bertz CT molecular complexity index is 378. The summed E-state index contributed by atoms with van der Waals surface area (Å²) in [6.45, 7) is 1.95. The maximum Gasteiger partial charge on any atom is 0.165 e. The Morgan fingerprint density at radius 1 is 1.00 bits per heavy atom. The highest BCUT2D eigenvalue weighted by Gasteiger charge is 1.99. The molecule has 1 heterocycles. The second-order valence-corrected chi connectivity index (χ2v) is 3.86. The van der Waals surface area contributed by atoms with Crippen LogP contribution in [0, 0.1) is 6.92 Å². The molecule has 0 radical (unpaired) electrons. The van der Waals surface area contributed by atoms with Gasteiger partial charge in [-0.15, -0.1) is 0 Å². The van der Waals surface area contributed by atoms with Crippen LogP contribution < -0.4 is 0 Å². The average molecular weight is 190 g/mol. The second kappa shape index (κ2) is 3.71. The first-order valence-corrected chi connectivity index (χ1v) is 4.95. The Balaban J connectivity index is 2.15. The summed E-state index contributed by atoms with van der Waals surface area (Å²) in [6, 6.07) is 14.2. The van der Waals surface area contributed by atoms with E-state index in [9.17, 15) is 0 Å². The highest BCUT2D eigenvalue weighted by molar-refractivity contribution is 7.99. The van der Waals surface area contributed by atoms with Crippen LogP contribution in [0.1, 0.15) is 5.76 Å². The van der Waals surface area contributed by atoms with Gasteiger partial charge in [0.15, 0.2) is 5.09 Å². The fraction of sp³-hybridized carbons (Fsp3) is 0.0909. The second-order valence-electron chi connectivity index (χ2n) is 2.78. The number of furan rings is 1. The molecule has 2 rings (SSSR count). The van der Waals surface area contributed by atoms with Crippen LogP contribution in [0.4, 0.5) is 0 Å². The van der Waals surface area contributed by atoms with E-state index in [0.717, 1.165) is 10.9 Å². The summed E-state index contributed by atoms with van der Waals surface area (Å²) in [5.41, 5.74) is 0. The van der Waals surface area contributed by atoms with E-state index in [-0.39, 0.29) is 0 Å². The standard InChI is InChI=1S/C11H10OS/c1-9-7-8-11(12-9)13-10-5-3-2-4-6-10/h2-8H,1H3. The number of benzene rings is 1. The number of hydrogen-bond acceptors (Lipinski definition) is 2. The van der Waals surface area contributed by atoms with Crippen LogP contribution in [0.2, 0.25) is 0 Å². The van der Waals surface area contributed by atoms with Crippen LogP contribution in [0.25, 0.3) is 0 Å². The molecule has 0 N–H and O–H groups in total. The highest BCUT2D eigenvalue weighted by Crippen LogP contribution is 2.28. The smallest absolute Gasteiger partial charge is 0.165 e. The highest BCUT2D eigenvalue weighted by atomic mass is 32.2. The van der Waals surface area contributed by atoms with Crippen molar-refractivity contribution >= 4 is 11.8 Å². The number of rotatable bonds is 2. The predicted molar refractivity (Wildman–Crippen MR) is 54.0 cm³/mol. The minimum absolute atomic E-state index is 0.948. The topological polar surface area (TPSA) is 13.1 Å². The Labute approximate surface area is 81.8 Å². The van der Waals surface area contributed by atoms with Crippen molar-refractivity contribution in [3.8, 4) is 0 Å². The van der Waals surface area contributed by atoms with Crippen molar-refractivity contribution in [2.24, 2.45) is 0 Å². The first-order valence-electron chi connectivity index (χ1n) is 4.14. The molecule has 0 unspecified atom stereocenters. The first kappa shape index (κ1) is 8.45. The van der Waals surface area contributed by atoms with Gasteiger partial charge >= 0.3 is 0 Å². The molecule has 2 heteroatoms. The van der Waals surface area contributed by atoms with E-state index in [1.165, 1.54) is 4.90 Å². The molecule has 66 valence electrons. The zero-order valence-corrected chi connectivity index (χ0v) is 8.17. The molecule has 0 spiro atoms. The molecule has 2 aromatic rings. The van der Waals surface area contributed by atoms with Crippen molar-refractivity contribution in [1.82, 2.24) is 0 Å². The van der Waals surface area contributed by atoms with Crippen LogP contribution in [-0.2, 0) is 0 Å². The van der Waals surface area contributed by atoms with Gasteiger partial charge in [-0.1, -0.05) is 30.0 Å². The maximum absolute atomic E-state index is 5.45. The largest absolute Gasteiger partial charge is 0.455 e. The molecule has 1 aromatic heterocycles. The Morgan fingerprint density at radius 2 is 1.77 bits per heavy atom. The fourth-order valence-electron chi connectivity index (χ4n) is 1.07. The van der Waals surface area contributed by atoms with Gasteiger partial charge in [-0.3, -0.25) is 0 Å². The van der Waals surface area contributed by atoms with Gasteiger partial charge < -0.3 is 4.42 Å². The lowest BCUT2D eigenvalue weighted by Gasteiger charge is -1.95. The molecule has 0 fully saturated rings. The van der Waals surface area contributed by atoms with E-state index >= 15 is 0 Å². The SMILES string of the molecule is Cc1ccc(Sc2ccccc2)o1. The molecule has 0 aliphatic carbocycles. The van der Waals surface area contributed by atoms with Gasteiger partial charge in [-0.05, 0) is 31.2 Å². The van der Waals surface area contributed by atoms with E-state index in [2.05, 4.69) is 12.1 Å². The van der Waals surface area contributed by atoms with E-state index < -0.39 is 0 Å². The van der Waals surface area contributed by atoms with Gasteiger partial charge in [0.25, 0.3) is 0 Å². The van der Waals surface area contributed by atoms with Gasteiger partial charge in [0.2, 0.25) is 0 Å². The molecule has 13 heavy (non-hydrogen) atoms. The number of aryl methyl sites for hydroxylation is 1. The average Bonchev–Trinajstić information content (AvgIpc) is 2.53. The van der Waals surface area contributed by atoms with E-state index in [0.29, 0.717) is 0 Å². The summed E-state index contributed by atoms with van der Waals surface area (Å²) in [5, 5.41) is 0.948. The van der Waals surface area contributed by atoms with Crippen molar-refractivity contribution < 1.29 is 4.42 Å². The Hall–Kier alpha value is -1.15. The molecule has 1 aromatic carbocycles. The molecular weight excluding hydrogens is 180 g/mol. The van der Waals surface area contributed by atoms with Gasteiger partial charge in [0.05, 0.1) is 0 Å². The third-order valence-corrected chi connectivity index (χ3v) is 2.61. The zero-order chi connectivity index (χ0) is 9.10. The minimum atomic E-state index is 0.948. The number of hydrogen-bond donors (Lipinski definition) is 0. The van der Waals surface area contributed by atoms with Crippen molar-refractivity contribution in [2.75, 3.05) is 0 Å². The predicted octanol–water partition coefficient (Wildman–Crippen LogP) is 3.74. The molecule has 0 amide bonds. The van der Waals surface area contributed by atoms with Gasteiger partial charge in [0, 0.05) is 4.90 Å². The maximum atomic E-state index is 5.45. The van der Waals surface area contributed by atoms with Crippen LogP contribution in [-0.4, -0.2) is 0 Å². The molecule has 1 nitrogen and oxygen atoms in total. The van der Waals surface area contributed by atoms with Gasteiger partial charge in [-0.2, -0.15) is 0 Å². The van der Waals surface area contributed by atoms with Crippen LogP contribution >= 0.6 is 11.8 Å². The molecule has 0 saturated heterocycles. The van der Waals surface area contributed by atoms with Crippen molar-refractivity contribution in [3.63, 3.8) is 0 Å². The summed E-state index contributed by atoms with van der Waals surface area (Å²) >= 11 is 1.64. The quantitative estimate of drug-likeness (QED) is 0.715. The van der Waals surface area contributed by atoms with Crippen molar-refractivity contribution in [1.29, 1.82) is 0 Å². The Morgan fingerprint density at radius 3 is 2.38 bits per heavy atom. The summed E-state index contributed by atoms with van der Waals surface area (Å²) < 4.78 is 5.45. The molecular formula is C11H10OS. The lowest BCUT2D eigenvalue weighted by Crippen LogP contribution is -1.67. The lowest BCUT2D eigenvalue weighted by atomic mass is 10.4. The fourth-order valence-corrected chi connectivity index (χ4v) is 1.91.